The molecule has 0 saturated carbocycles. The third-order valence-electron chi connectivity index (χ3n) is 2.82. The zero-order valence-electron chi connectivity index (χ0n) is 12.4. The molecule has 1 aromatic heterocycles. The molecule has 5 nitrogen and oxygen atoms in total. The Bertz CT molecular complexity index is 449. The lowest BCUT2D eigenvalue weighted by atomic mass is 10.2. The van der Waals surface area contributed by atoms with Gasteiger partial charge in [-0.1, -0.05) is 13.8 Å². The van der Waals surface area contributed by atoms with Gasteiger partial charge in [-0.3, -0.25) is 4.21 Å². The summed E-state index contributed by atoms with van der Waals surface area (Å²) in [7, 11) is 1.13. The molecule has 1 heterocycles. The molecule has 0 radical (unpaired) electrons. The SMILES string of the molecule is CNc1nc(C(C)C)nc(NCCCS(C)=O)c1C. The van der Waals surface area contributed by atoms with Crippen molar-refractivity contribution in [3.63, 3.8) is 0 Å². The molecule has 0 aromatic carbocycles. The largest absolute Gasteiger partial charge is 0.373 e. The summed E-state index contributed by atoms with van der Waals surface area (Å²) in [5, 5.41) is 6.41. The molecule has 6 heteroatoms. The van der Waals surface area contributed by atoms with E-state index in [0.717, 1.165) is 36.0 Å². The Labute approximate surface area is 118 Å². The maximum atomic E-state index is 11.0. The lowest BCUT2D eigenvalue weighted by Crippen LogP contribution is -2.12. The first-order valence-corrected chi connectivity index (χ1v) is 8.28. The van der Waals surface area contributed by atoms with Crippen LogP contribution in [0.2, 0.25) is 0 Å². The highest BCUT2D eigenvalue weighted by atomic mass is 32.2. The molecule has 108 valence electrons. The summed E-state index contributed by atoms with van der Waals surface area (Å²) < 4.78 is 11.0. The summed E-state index contributed by atoms with van der Waals surface area (Å²) in [6, 6.07) is 0. The lowest BCUT2D eigenvalue weighted by Gasteiger charge is -2.15. The number of hydrogen-bond donors (Lipinski definition) is 2. The van der Waals surface area contributed by atoms with E-state index in [4.69, 9.17) is 0 Å². The van der Waals surface area contributed by atoms with Crippen molar-refractivity contribution in [2.45, 2.75) is 33.1 Å². The fourth-order valence-electron chi connectivity index (χ4n) is 1.69. The van der Waals surface area contributed by atoms with E-state index in [1.54, 1.807) is 6.26 Å². The molecule has 1 aromatic rings. The van der Waals surface area contributed by atoms with Crippen LogP contribution in [0.1, 0.15) is 37.6 Å². The van der Waals surface area contributed by atoms with E-state index in [2.05, 4.69) is 34.4 Å². The van der Waals surface area contributed by atoms with Crippen LogP contribution in [-0.2, 0) is 10.8 Å². The Morgan fingerprint density at radius 3 is 2.42 bits per heavy atom. The smallest absolute Gasteiger partial charge is 0.135 e. The molecule has 0 spiro atoms. The van der Waals surface area contributed by atoms with Gasteiger partial charge in [0.25, 0.3) is 0 Å². The molecule has 0 fully saturated rings. The molecule has 2 N–H and O–H groups in total. The Morgan fingerprint density at radius 2 is 1.89 bits per heavy atom. The molecule has 0 amide bonds. The van der Waals surface area contributed by atoms with Gasteiger partial charge in [0.1, 0.15) is 17.5 Å². The minimum Gasteiger partial charge on any atom is -0.373 e. The molecule has 0 aliphatic carbocycles. The van der Waals surface area contributed by atoms with Gasteiger partial charge in [-0.05, 0) is 13.3 Å². The summed E-state index contributed by atoms with van der Waals surface area (Å²) in [5.74, 6) is 3.56. The number of nitrogens with zero attached hydrogens (tertiary/aromatic N) is 2. The van der Waals surface area contributed by atoms with Crippen molar-refractivity contribution in [1.82, 2.24) is 9.97 Å². The highest BCUT2D eigenvalue weighted by Crippen LogP contribution is 2.22. The van der Waals surface area contributed by atoms with Crippen molar-refractivity contribution in [2.75, 3.05) is 36.2 Å². The zero-order valence-corrected chi connectivity index (χ0v) is 13.2. The third kappa shape index (κ3) is 4.78. The average Bonchev–Trinajstić information content (AvgIpc) is 2.35. The van der Waals surface area contributed by atoms with E-state index in [1.165, 1.54) is 0 Å². The zero-order chi connectivity index (χ0) is 14.4. The second-order valence-electron chi connectivity index (χ2n) is 4.87. The molecular weight excluding hydrogens is 260 g/mol. The fourth-order valence-corrected chi connectivity index (χ4v) is 2.24. The van der Waals surface area contributed by atoms with Crippen LogP contribution in [0.3, 0.4) is 0 Å². The highest BCUT2D eigenvalue weighted by molar-refractivity contribution is 7.84. The Hall–Kier alpha value is -1.17. The van der Waals surface area contributed by atoms with Crippen LogP contribution < -0.4 is 10.6 Å². The molecule has 0 aliphatic heterocycles. The molecule has 0 bridgehead atoms. The van der Waals surface area contributed by atoms with Crippen LogP contribution in [0.5, 0.6) is 0 Å². The van der Waals surface area contributed by atoms with Gasteiger partial charge in [-0.25, -0.2) is 9.97 Å². The molecule has 1 unspecified atom stereocenters. The molecular formula is C13H24N4OS. The predicted molar refractivity (Wildman–Crippen MR) is 82.4 cm³/mol. The average molecular weight is 284 g/mol. The number of anilines is 2. The molecule has 1 atom stereocenters. The van der Waals surface area contributed by atoms with E-state index >= 15 is 0 Å². The van der Waals surface area contributed by atoms with Crippen molar-refractivity contribution in [3.8, 4) is 0 Å². The van der Waals surface area contributed by atoms with Crippen LogP contribution >= 0.6 is 0 Å². The van der Waals surface area contributed by atoms with Gasteiger partial charge in [-0.15, -0.1) is 0 Å². The van der Waals surface area contributed by atoms with Crippen LogP contribution in [0, 0.1) is 6.92 Å². The first-order chi connectivity index (χ1) is 8.95. The van der Waals surface area contributed by atoms with Gasteiger partial charge < -0.3 is 10.6 Å². The fraction of sp³-hybridized carbons (Fsp3) is 0.692. The summed E-state index contributed by atoms with van der Waals surface area (Å²) in [6.07, 6.45) is 2.60. The standard InChI is InChI=1S/C13H24N4OS/c1-9(2)11-16-12(14-4)10(3)13(17-11)15-7-6-8-19(5)18/h9H,6-8H2,1-5H3,(H2,14,15,16,17). The molecule has 1 rings (SSSR count). The highest BCUT2D eigenvalue weighted by Gasteiger charge is 2.11. The maximum absolute atomic E-state index is 11.0. The summed E-state index contributed by atoms with van der Waals surface area (Å²) >= 11 is 0. The quantitative estimate of drug-likeness (QED) is 0.751. The molecule has 0 saturated heterocycles. The number of rotatable bonds is 7. The number of aromatic nitrogens is 2. The van der Waals surface area contributed by atoms with Gasteiger partial charge in [0, 0.05) is 47.9 Å². The van der Waals surface area contributed by atoms with E-state index in [0.29, 0.717) is 5.75 Å². The molecule has 0 aliphatic rings. The second-order valence-corrected chi connectivity index (χ2v) is 6.42. The van der Waals surface area contributed by atoms with Crippen molar-refractivity contribution >= 4 is 22.4 Å². The Morgan fingerprint density at radius 1 is 1.26 bits per heavy atom. The first kappa shape index (κ1) is 15.9. The summed E-state index contributed by atoms with van der Waals surface area (Å²) in [4.78, 5) is 9.06. The van der Waals surface area contributed by atoms with E-state index < -0.39 is 10.8 Å². The van der Waals surface area contributed by atoms with Gasteiger partial charge in [0.05, 0.1) is 0 Å². The minimum atomic E-state index is -0.732. The van der Waals surface area contributed by atoms with Gasteiger partial charge in [0.15, 0.2) is 0 Å². The van der Waals surface area contributed by atoms with Gasteiger partial charge >= 0.3 is 0 Å². The van der Waals surface area contributed by atoms with Gasteiger partial charge in [0.2, 0.25) is 0 Å². The third-order valence-corrected chi connectivity index (χ3v) is 3.68. The lowest BCUT2D eigenvalue weighted by molar-refractivity contribution is 0.685. The van der Waals surface area contributed by atoms with Crippen molar-refractivity contribution < 1.29 is 4.21 Å². The Kier molecular flexibility index (Phi) is 6.21. The van der Waals surface area contributed by atoms with Crippen LogP contribution in [0.25, 0.3) is 0 Å². The van der Waals surface area contributed by atoms with Crippen molar-refractivity contribution in [3.05, 3.63) is 11.4 Å². The van der Waals surface area contributed by atoms with Crippen molar-refractivity contribution in [2.24, 2.45) is 0 Å². The number of nitrogens with one attached hydrogen (secondary N) is 2. The Balaban J connectivity index is 2.80. The maximum Gasteiger partial charge on any atom is 0.135 e. The number of hydrogen-bond acceptors (Lipinski definition) is 5. The predicted octanol–water partition coefficient (Wildman–Crippen LogP) is 2.13. The van der Waals surface area contributed by atoms with E-state index in [-0.39, 0.29) is 5.92 Å². The summed E-state index contributed by atoms with van der Waals surface area (Å²) in [5.41, 5.74) is 1.02. The van der Waals surface area contributed by atoms with Crippen LogP contribution in [0.4, 0.5) is 11.6 Å². The first-order valence-electron chi connectivity index (χ1n) is 6.55. The topological polar surface area (TPSA) is 66.9 Å². The second kappa shape index (κ2) is 7.43. The van der Waals surface area contributed by atoms with Crippen LogP contribution in [0.15, 0.2) is 0 Å². The minimum absolute atomic E-state index is 0.288. The molecule has 19 heavy (non-hydrogen) atoms. The van der Waals surface area contributed by atoms with E-state index in [9.17, 15) is 4.21 Å². The van der Waals surface area contributed by atoms with E-state index in [1.807, 2.05) is 14.0 Å². The monoisotopic (exact) mass is 284 g/mol. The van der Waals surface area contributed by atoms with Crippen molar-refractivity contribution in [1.29, 1.82) is 0 Å². The van der Waals surface area contributed by atoms with Crippen LogP contribution in [-0.4, -0.2) is 39.8 Å². The normalized spacial score (nSPS) is 12.5. The van der Waals surface area contributed by atoms with Gasteiger partial charge in [-0.2, -0.15) is 0 Å². The summed E-state index contributed by atoms with van der Waals surface area (Å²) in [6.45, 7) is 6.93.